The summed E-state index contributed by atoms with van der Waals surface area (Å²) in [6.07, 6.45) is -0.280. The van der Waals surface area contributed by atoms with Gasteiger partial charge in [0.2, 0.25) is 0 Å². The number of likely N-dealkylation sites (N-methyl/N-ethyl adjacent to an activating group) is 1. The second kappa shape index (κ2) is 11.1. The van der Waals surface area contributed by atoms with Gasteiger partial charge in [-0.1, -0.05) is 36.4 Å². The van der Waals surface area contributed by atoms with Crippen LogP contribution in [0.15, 0.2) is 78.9 Å². The number of anilines is 1. The van der Waals surface area contributed by atoms with E-state index < -0.39 is 5.97 Å². The van der Waals surface area contributed by atoms with E-state index >= 15 is 0 Å². The first-order chi connectivity index (χ1) is 17.4. The first-order valence-corrected chi connectivity index (χ1v) is 11.8. The number of rotatable bonds is 10. The number of aliphatic carboxylic acids is 1. The van der Waals surface area contributed by atoms with Gasteiger partial charge in [0.15, 0.2) is 0 Å². The first kappa shape index (κ1) is 25.0. The fourth-order valence-corrected chi connectivity index (χ4v) is 4.37. The maximum atomic E-state index is 13.4. The fourth-order valence-electron chi connectivity index (χ4n) is 4.37. The standard InChI is InChI=1S/C29H30N2O5/c1-20-26(17-28(32)33)25-11-7-8-12-27(25)31(20)29(34)21-13-15-23(16-14-21)36-19-24(35-3)18-30(2)22-9-5-4-6-10-22/h4-16,24H,17-19H2,1-3H3,(H,32,33)/t24-/m1/s1. The van der Waals surface area contributed by atoms with E-state index in [2.05, 4.69) is 4.90 Å². The number of methoxy groups -OCH3 is 1. The number of benzene rings is 3. The van der Waals surface area contributed by atoms with Crippen LogP contribution in [0, 0.1) is 6.92 Å². The van der Waals surface area contributed by atoms with Gasteiger partial charge in [-0.2, -0.15) is 0 Å². The van der Waals surface area contributed by atoms with Crippen molar-refractivity contribution in [3.05, 3.63) is 95.7 Å². The number of carbonyl (C=O) groups is 2. The molecule has 1 aromatic heterocycles. The largest absolute Gasteiger partial charge is 0.491 e. The molecule has 0 spiro atoms. The summed E-state index contributed by atoms with van der Waals surface area (Å²) in [4.78, 5) is 26.9. The Balaban J connectivity index is 1.46. The Morgan fingerprint density at radius 3 is 2.31 bits per heavy atom. The molecule has 186 valence electrons. The molecule has 1 heterocycles. The molecule has 3 aromatic carbocycles. The van der Waals surface area contributed by atoms with Gasteiger partial charge in [-0.25, -0.2) is 0 Å². The smallest absolute Gasteiger partial charge is 0.307 e. The third-order valence-corrected chi connectivity index (χ3v) is 6.32. The third kappa shape index (κ3) is 5.42. The van der Waals surface area contributed by atoms with Crippen LogP contribution in [0.2, 0.25) is 0 Å². The Bertz CT molecular complexity index is 1350. The minimum absolute atomic E-state index is 0.139. The average Bonchev–Trinajstić information content (AvgIpc) is 3.17. The van der Waals surface area contributed by atoms with Gasteiger partial charge in [0.25, 0.3) is 5.91 Å². The summed E-state index contributed by atoms with van der Waals surface area (Å²) in [5.41, 5.74) is 3.57. The summed E-state index contributed by atoms with van der Waals surface area (Å²) in [5, 5.41) is 10.1. The quantitative estimate of drug-likeness (QED) is 0.347. The van der Waals surface area contributed by atoms with Gasteiger partial charge in [-0.15, -0.1) is 0 Å². The Hall–Kier alpha value is -4.10. The summed E-state index contributed by atoms with van der Waals surface area (Å²) in [6, 6.07) is 24.4. The molecule has 0 aliphatic carbocycles. The summed E-state index contributed by atoms with van der Waals surface area (Å²) in [7, 11) is 3.67. The Morgan fingerprint density at radius 1 is 0.972 bits per heavy atom. The van der Waals surface area contributed by atoms with Gasteiger partial charge < -0.3 is 19.5 Å². The van der Waals surface area contributed by atoms with Crippen molar-refractivity contribution in [2.75, 3.05) is 32.2 Å². The second-order valence-corrected chi connectivity index (χ2v) is 8.70. The van der Waals surface area contributed by atoms with Crippen LogP contribution in [-0.4, -0.2) is 55.0 Å². The highest BCUT2D eigenvalue weighted by Crippen LogP contribution is 2.28. The summed E-state index contributed by atoms with van der Waals surface area (Å²) < 4.78 is 13.1. The maximum Gasteiger partial charge on any atom is 0.307 e. The molecule has 0 saturated heterocycles. The van der Waals surface area contributed by atoms with Gasteiger partial charge in [-0.05, 0) is 55.0 Å². The topological polar surface area (TPSA) is 81.0 Å². The molecule has 0 unspecified atom stereocenters. The van der Waals surface area contributed by atoms with Gasteiger partial charge in [0.1, 0.15) is 18.5 Å². The lowest BCUT2D eigenvalue weighted by Crippen LogP contribution is -2.34. The number of aromatic nitrogens is 1. The highest BCUT2D eigenvalue weighted by molar-refractivity contribution is 6.04. The van der Waals surface area contributed by atoms with E-state index in [9.17, 15) is 14.7 Å². The highest BCUT2D eigenvalue weighted by Gasteiger charge is 2.21. The molecule has 0 fully saturated rings. The molecule has 0 bridgehead atoms. The lowest BCUT2D eigenvalue weighted by molar-refractivity contribution is -0.136. The van der Waals surface area contributed by atoms with Crippen LogP contribution in [-0.2, 0) is 16.0 Å². The molecule has 7 heteroatoms. The molecule has 0 saturated carbocycles. The van der Waals surface area contributed by atoms with Crippen molar-refractivity contribution in [1.29, 1.82) is 0 Å². The minimum Gasteiger partial charge on any atom is -0.491 e. The zero-order valence-electron chi connectivity index (χ0n) is 20.7. The van der Waals surface area contributed by atoms with Crippen molar-refractivity contribution in [3.63, 3.8) is 0 Å². The number of para-hydroxylation sites is 2. The highest BCUT2D eigenvalue weighted by atomic mass is 16.5. The zero-order valence-corrected chi connectivity index (χ0v) is 20.7. The summed E-state index contributed by atoms with van der Waals surface area (Å²) in [6.45, 7) is 2.81. The van der Waals surface area contributed by atoms with Crippen molar-refractivity contribution in [2.45, 2.75) is 19.4 Å². The van der Waals surface area contributed by atoms with Crippen molar-refractivity contribution in [2.24, 2.45) is 0 Å². The average molecular weight is 487 g/mol. The number of ether oxygens (including phenoxy) is 2. The predicted octanol–water partition coefficient (Wildman–Crippen LogP) is 4.80. The number of hydrogen-bond acceptors (Lipinski definition) is 5. The number of hydrogen-bond donors (Lipinski definition) is 1. The normalized spacial score (nSPS) is 11.9. The summed E-state index contributed by atoms with van der Waals surface area (Å²) >= 11 is 0. The van der Waals surface area contributed by atoms with E-state index in [0.717, 1.165) is 11.1 Å². The molecule has 4 rings (SSSR count). The van der Waals surface area contributed by atoms with Gasteiger partial charge in [0, 0.05) is 43.0 Å². The SMILES string of the molecule is CO[C@@H](COc1ccc(C(=O)n2c(C)c(CC(=O)O)c3ccccc32)cc1)CN(C)c1ccccc1. The first-order valence-electron chi connectivity index (χ1n) is 11.8. The molecule has 1 N–H and O–H groups in total. The maximum absolute atomic E-state index is 13.4. The van der Waals surface area contributed by atoms with E-state index in [-0.39, 0.29) is 18.4 Å². The van der Waals surface area contributed by atoms with Crippen LogP contribution in [0.25, 0.3) is 10.9 Å². The van der Waals surface area contributed by atoms with Crippen molar-refractivity contribution in [1.82, 2.24) is 4.57 Å². The van der Waals surface area contributed by atoms with Crippen LogP contribution in [0.4, 0.5) is 5.69 Å². The molecule has 0 radical (unpaired) electrons. The molecule has 7 nitrogen and oxygen atoms in total. The molecule has 1 atom stereocenters. The predicted molar refractivity (Wildman–Crippen MR) is 140 cm³/mol. The number of carbonyl (C=O) groups excluding carboxylic acids is 1. The van der Waals surface area contributed by atoms with Gasteiger partial charge in [-0.3, -0.25) is 14.2 Å². The second-order valence-electron chi connectivity index (χ2n) is 8.70. The van der Waals surface area contributed by atoms with Crippen molar-refractivity contribution >= 4 is 28.5 Å². The number of carboxylic acids is 1. The van der Waals surface area contributed by atoms with E-state index in [0.29, 0.717) is 41.2 Å². The molecule has 36 heavy (non-hydrogen) atoms. The molecular weight excluding hydrogens is 456 g/mol. The van der Waals surface area contributed by atoms with Gasteiger partial charge >= 0.3 is 5.97 Å². The number of nitrogens with zero attached hydrogens (tertiary/aromatic N) is 2. The van der Waals surface area contributed by atoms with Crippen LogP contribution in [0.3, 0.4) is 0 Å². The molecule has 0 aliphatic rings. The van der Waals surface area contributed by atoms with E-state index in [4.69, 9.17) is 9.47 Å². The molecule has 0 aliphatic heterocycles. The van der Waals surface area contributed by atoms with Crippen LogP contribution >= 0.6 is 0 Å². The Kier molecular flexibility index (Phi) is 7.71. The Morgan fingerprint density at radius 2 is 1.64 bits per heavy atom. The fraction of sp³-hybridized carbons (Fsp3) is 0.241. The van der Waals surface area contributed by atoms with E-state index in [1.807, 2.05) is 61.6 Å². The minimum atomic E-state index is -0.931. The number of carboxylic acid groups (broad SMARTS) is 1. The zero-order chi connectivity index (χ0) is 25.7. The third-order valence-electron chi connectivity index (χ3n) is 6.32. The Labute approximate surface area is 210 Å². The molecule has 0 amide bonds. The van der Waals surface area contributed by atoms with E-state index in [1.165, 1.54) is 0 Å². The molecular formula is C29H30N2O5. The van der Waals surface area contributed by atoms with Crippen molar-refractivity contribution < 1.29 is 24.2 Å². The van der Waals surface area contributed by atoms with Crippen LogP contribution in [0.5, 0.6) is 5.75 Å². The van der Waals surface area contributed by atoms with E-state index in [1.54, 1.807) is 42.9 Å². The van der Waals surface area contributed by atoms with Crippen LogP contribution < -0.4 is 9.64 Å². The lowest BCUT2D eigenvalue weighted by atomic mass is 10.1. The van der Waals surface area contributed by atoms with Crippen LogP contribution in [0.1, 0.15) is 21.6 Å². The lowest BCUT2D eigenvalue weighted by Gasteiger charge is -2.25. The van der Waals surface area contributed by atoms with Gasteiger partial charge in [0.05, 0.1) is 11.9 Å². The monoisotopic (exact) mass is 486 g/mol. The van der Waals surface area contributed by atoms with Crippen molar-refractivity contribution in [3.8, 4) is 5.75 Å². The molecule has 4 aromatic rings. The number of fused-ring (bicyclic) bond motifs is 1. The summed E-state index contributed by atoms with van der Waals surface area (Å²) in [5.74, 6) is -0.512.